The highest BCUT2D eigenvalue weighted by molar-refractivity contribution is 7.99. The monoisotopic (exact) mass is 573 g/mol. The van der Waals surface area contributed by atoms with Gasteiger partial charge < -0.3 is 9.80 Å². The molecule has 0 bridgehead atoms. The highest BCUT2D eigenvalue weighted by atomic mass is 32.2. The van der Waals surface area contributed by atoms with Gasteiger partial charge in [-0.15, -0.1) is 0 Å². The molecule has 0 aromatic heterocycles. The predicted molar refractivity (Wildman–Crippen MR) is 183 cm³/mol. The summed E-state index contributed by atoms with van der Waals surface area (Å²) in [5.41, 5.74) is 0. The fraction of sp³-hybridized carbons (Fsp3) is 1.00. The Bertz CT molecular complexity index is 387. The fourth-order valence-electron chi connectivity index (χ4n) is 5.04. The lowest BCUT2D eigenvalue weighted by molar-refractivity contribution is 0.242. The molecule has 0 atom stereocenters. The van der Waals surface area contributed by atoms with Crippen LogP contribution < -0.4 is 0 Å². The van der Waals surface area contributed by atoms with Gasteiger partial charge in [0.25, 0.3) is 0 Å². The molecule has 0 fully saturated rings. The van der Waals surface area contributed by atoms with E-state index in [-0.39, 0.29) is 0 Å². The second-order valence-electron chi connectivity index (χ2n) is 11.9. The van der Waals surface area contributed by atoms with Crippen LogP contribution >= 0.6 is 23.5 Å². The summed E-state index contributed by atoms with van der Waals surface area (Å²) in [6.07, 6.45) is 31.7. The molecule has 4 heteroatoms. The number of hydrogen-bond acceptors (Lipinski definition) is 4. The van der Waals surface area contributed by atoms with Crippen LogP contribution in [-0.2, 0) is 0 Å². The number of hydrogen-bond donors (Lipinski definition) is 0. The molecule has 0 N–H and O–H groups in total. The topological polar surface area (TPSA) is 6.48 Å². The van der Waals surface area contributed by atoms with Gasteiger partial charge in [0.2, 0.25) is 0 Å². The van der Waals surface area contributed by atoms with Crippen molar-refractivity contribution in [2.24, 2.45) is 0 Å². The molecule has 0 radical (unpaired) electrons. The van der Waals surface area contributed by atoms with Gasteiger partial charge in [-0.1, -0.05) is 129 Å². The summed E-state index contributed by atoms with van der Waals surface area (Å²) in [6.45, 7) is 9.63. The molecule has 0 saturated heterocycles. The Kier molecular flexibility index (Phi) is 34.4. The van der Waals surface area contributed by atoms with Gasteiger partial charge in [-0.25, -0.2) is 0 Å². The summed E-state index contributed by atoms with van der Waals surface area (Å²) in [6, 6.07) is 0. The van der Waals surface area contributed by atoms with Crippen molar-refractivity contribution in [1.29, 1.82) is 0 Å². The standard InChI is InChI=1S/C34H72N2S2/c1-5-7-9-11-13-15-17-19-21-23-31-37-33-25-27-36(30-29-35(3)4)28-26-34-38-32-24-22-20-18-16-14-12-10-8-6-2/h5-34H2,1-4H3. The Hall–Kier alpha value is 0.620. The molecule has 0 rings (SSSR count). The van der Waals surface area contributed by atoms with Crippen molar-refractivity contribution < 1.29 is 0 Å². The Morgan fingerprint density at radius 2 is 0.658 bits per heavy atom. The van der Waals surface area contributed by atoms with Crippen LogP contribution in [0.15, 0.2) is 0 Å². The van der Waals surface area contributed by atoms with E-state index in [4.69, 9.17) is 0 Å². The highest BCUT2D eigenvalue weighted by Crippen LogP contribution is 2.15. The molecule has 2 nitrogen and oxygen atoms in total. The molecule has 0 aromatic carbocycles. The minimum absolute atomic E-state index is 1.19. The van der Waals surface area contributed by atoms with Gasteiger partial charge in [-0.2, -0.15) is 23.5 Å². The maximum atomic E-state index is 2.74. The van der Waals surface area contributed by atoms with Crippen molar-refractivity contribution in [1.82, 2.24) is 9.80 Å². The molecular weight excluding hydrogens is 501 g/mol. The zero-order chi connectivity index (χ0) is 27.8. The summed E-state index contributed by atoms with van der Waals surface area (Å²) in [7, 11) is 4.42. The van der Waals surface area contributed by atoms with Crippen LogP contribution in [0.2, 0.25) is 0 Å². The molecule has 0 spiro atoms. The molecular formula is C34H72N2S2. The zero-order valence-corrected chi connectivity index (χ0v) is 28.6. The average Bonchev–Trinajstić information content (AvgIpc) is 2.91. The number of thioether (sulfide) groups is 2. The molecule has 0 saturated carbocycles. The quantitative estimate of drug-likeness (QED) is 0.0721. The van der Waals surface area contributed by atoms with E-state index in [1.54, 1.807) is 0 Å². The molecule has 38 heavy (non-hydrogen) atoms. The molecule has 0 unspecified atom stereocenters. The van der Waals surface area contributed by atoms with E-state index in [2.05, 4.69) is 61.3 Å². The number of likely N-dealkylation sites (N-methyl/N-ethyl adjacent to an activating group) is 1. The molecule has 0 aliphatic rings. The summed E-state index contributed by atoms with van der Waals surface area (Å²) in [4.78, 5) is 5.08. The molecule has 0 amide bonds. The predicted octanol–water partition coefficient (Wildman–Crippen LogP) is 10.9. The van der Waals surface area contributed by atoms with Crippen molar-refractivity contribution in [3.63, 3.8) is 0 Å². The van der Waals surface area contributed by atoms with Crippen LogP contribution in [0.4, 0.5) is 0 Å². The normalized spacial score (nSPS) is 11.8. The van der Waals surface area contributed by atoms with Gasteiger partial charge >= 0.3 is 0 Å². The van der Waals surface area contributed by atoms with E-state index in [1.165, 1.54) is 190 Å². The minimum atomic E-state index is 1.19. The molecule has 0 aliphatic heterocycles. The van der Waals surface area contributed by atoms with Crippen molar-refractivity contribution in [3.05, 3.63) is 0 Å². The summed E-state index contributed by atoms with van der Waals surface area (Å²) in [5, 5.41) is 0. The van der Waals surface area contributed by atoms with Gasteiger partial charge in [-0.05, 0) is 75.9 Å². The molecule has 0 heterocycles. The number of unbranched alkanes of at least 4 members (excludes halogenated alkanes) is 18. The third-order valence-corrected chi connectivity index (χ3v) is 9.98. The first-order chi connectivity index (χ1) is 18.7. The highest BCUT2D eigenvalue weighted by Gasteiger charge is 2.06. The Balaban J connectivity index is 3.57. The fourth-order valence-corrected chi connectivity index (χ4v) is 6.94. The second-order valence-corrected chi connectivity index (χ2v) is 14.4. The zero-order valence-electron chi connectivity index (χ0n) is 26.9. The van der Waals surface area contributed by atoms with E-state index in [0.717, 1.165) is 0 Å². The summed E-state index contributed by atoms with van der Waals surface area (Å²) >= 11 is 4.41. The average molecular weight is 573 g/mol. The van der Waals surface area contributed by atoms with Crippen molar-refractivity contribution in [2.45, 2.75) is 155 Å². The van der Waals surface area contributed by atoms with Crippen molar-refractivity contribution in [2.75, 3.05) is 63.3 Å². The molecule has 0 aliphatic carbocycles. The molecule has 0 aromatic rings. The molecule has 230 valence electrons. The maximum absolute atomic E-state index is 2.74. The van der Waals surface area contributed by atoms with Gasteiger partial charge in [0, 0.05) is 13.1 Å². The van der Waals surface area contributed by atoms with Crippen molar-refractivity contribution in [3.8, 4) is 0 Å². The Morgan fingerprint density at radius 3 is 1.00 bits per heavy atom. The van der Waals surface area contributed by atoms with E-state index in [0.29, 0.717) is 0 Å². The number of nitrogens with zero attached hydrogens (tertiary/aromatic N) is 2. The lowest BCUT2D eigenvalue weighted by Crippen LogP contribution is -2.33. The van der Waals surface area contributed by atoms with Gasteiger partial charge in [-0.3, -0.25) is 0 Å². The van der Waals surface area contributed by atoms with Crippen LogP contribution in [0.5, 0.6) is 0 Å². The summed E-state index contributed by atoms with van der Waals surface area (Å²) < 4.78 is 0. The second kappa shape index (κ2) is 33.8. The van der Waals surface area contributed by atoms with E-state index in [1.807, 2.05) is 0 Å². The third kappa shape index (κ3) is 32.8. The van der Waals surface area contributed by atoms with Gasteiger partial charge in [0.05, 0.1) is 0 Å². The van der Waals surface area contributed by atoms with Crippen LogP contribution in [0, 0.1) is 0 Å². The minimum Gasteiger partial charge on any atom is -0.308 e. The first-order valence-corrected chi connectivity index (χ1v) is 19.5. The van der Waals surface area contributed by atoms with Gasteiger partial charge in [0.1, 0.15) is 0 Å². The first-order valence-electron chi connectivity index (χ1n) is 17.2. The van der Waals surface area contributed by atoms with Crippen LogP contribution in [0.3, 0.4) is 0 Å². The van der Waals surface area contributed by atoms with Gasteiger partial charge in [0.15, 0.2) is 0 Å². The van der Waals surface area contributed by atoms with Crippen LogP contribution in [-0.4, -0.2) is 73.1 Å². The Labute approximate surface area is 251 Å². The third-order valence-electron chi connectivity index (χ3n) is 7.67. The van der Waals surface area contributed by atoms with E-state index in [9.17, 15) is 0 Å². The SMILES string of the molecule is CCCCCCCCCCCCSCCCN(CCCSCCCCCCCCCCCC)CCN(C)C. The van der Waals surface area contributed by atoms with Crippen molar-refractivity contribution >= 4 is 23.5 Å². The van der Waals surface area contributed by atoms with Crippen LogP contribution in [0.1, 0.15) is 155 Å². The lowest BCUT2D eigenvalue weighted by Gasteiger charge is -2.24. The Morgan fingerprint density at radius 1 is 0.342 bits per heavy atom. The lowest BCUT2D eigenvalue weighted by atomic mass is 10.1. The van der Waals surface area contributed by atoms with E-state index >= 15 is 0 Å². The summed E-state index contributed by atoms with van der Waals surface area (Å²) in [5.74, 6) is 5.46. The van der Waals surface area contributed by atoms with E-state index < -0.39 is 0 Å². The maximum Gasteiger partial charge on any atom is 0.0109 e. The smallest absolute Gasteiger partial charge is 0.0109 e. The first kappa shape index (κ1) is 38.6. The van der Waals surface area contributed by atoms with Crippen LogP contribution in [0.25, 0.3) is 0 Å². The number of rotatable bonds is 33. The largest absolute Gasteiger partial charge is 0.308 e.